The van der Waals surface area contributed by atoms with E-state index in [0.29, 0.717) is 10.8 Å². The summed E-state index contributed by atoms with van der Waals surface area (Å²) in [5, 5.41) is 4.75. The van der Waals surface area contributed by atoms with Gasteiger partial charge in [0.25, 0.3) is 10.0 Å². The molecular formula is C14H17N3O3S2. The first-order chi connectivity index (χ1) is 10.4. The molecule has 0 aliphatic rings. The van der Waals surface area contributed by atoms with E-state index in [0.717, 1.165) is 6.42 Å². The van der Waals surface area contributed by atoms with Crippen LogP contribution in [0, 0.1) is 5.92 Å². The molecule has 0 spiro atoms. The third-order valence-electron chi connectivity index (χ3n) is 3.15. The molecule has 0 radical (unpaired) electrons. The Morgan fingerprint density at radius 1 is 1.32 bits per heavy atom. The molecule has 1 aromatic heterocycles. The molecule has 22 heavy (non-hydrogen) atoms. The van der Waals surface area contributed by atoms with E-state index >= 15 is 0 Å². The van der Waals surface area contributed by atoms with Crippen molar-refractivity contribution in [3.63, 3.8) is 0 Å². The van der Waals surface area contributed by atoms with Crippen molar-refractivity contribution in [1.29, 1.82) is 0 Å². The smallest absolute Gasteiger partial charge is 0.263 e. The highest BCUT2D eigenvalue weighted by Gasteiger charge is 2.16. The Bertz CT molecular complexity index is 725. The lowest BCUT2D eigenvalue weighted by atomic mass is 10.1. The summed E-state index contributed by atoms with van der Waals surface area (Å²) in [6.07, 6.45) is 2.27. The van der Waals surface area contributed by atoms with Gasteiger partial charge in [0.15, 0.2) is 5.13 Å². The number of rotatable bonds is 6. The van der Waals surface area contributed by atoms with Crippen LogP contribution in [0.2, 0.25) is 0 Å². The Morgan fingerprint density at radius 2 is 2.00 bits per heavy atom. The zero-order valence-electron chi connectivity index (χ0n) is 12.2. The van der Waals surface area contributed by atoms with Crippen LogP contribution < -0.4 is 10.0 Å². The minimum Gasteiger partial charge on any atom is -0.326 e. The summed E-state index contributed by atoms with van der Waals surface area (Å²) in [7, 11) is -3.66. The maximum atomic E-state index is 12.2. The van der Waals surface area contributed by atoms with Crippen LogP contribution in [-0.4, -0.2) is 19.3 Å². The van der Waals surface area contributed by atoms with E-state index in [9.17, 15) is 13.2 Å². The van der Waals surface area contributed by atoms with Gasteiger partial charge in [-0.2, -0.15) is 0 Å². The van der Waals surface area contributed by atoms with Crippen LogP contribution in [-0.2, 0) is 14.8 Å². The molecule has 0 aliphatic carbocycles. The first-order valence-corrected chi connectivity index (χ1v) is 9.12. The largest absolute Gasteiger partial charge is 0.326 e. The molecule has 1 atom stereocenters. The summed E-state index contributed by atoms with van der Waals surface area (Å²) in [6.45, 7) is 3.77. The summed E-state index contributed by atoms with van der Waals surface area (Å²) < 4.78 is 26.7. The standard InChI is InChI=1S/C14H17N3O3S2/c1-3-10(2)13(18)16-11-4-6-12(7-5-11)22(19,20)17-14-15-8-9-21-14/h4-10H,3H2,1-2H3,(H,15,17)(H,16,18)/t10-/m0/s1. The van der Waals surface area contributed by atoms with Crippen LogP contribution in [0.5, 0.6) is 0 Å². The second-order valence-corrected chi connectivity index (χ2v) is 7.34. The molecule has 0 bridgehead atoms. The van der Waals surface area contributed by atoms with Crippen molar-refractivity contribution in [3.8, 4) is 0 Å². The Balaban J connectivity index is 2.10. The first-order valence-electron chi connectivity index (χ1n) is 6.75. The van der Waals surface area contributed by atoms with E-state index in [-0.39, 0.29) is 16.7 Å². The number of hydrogen-bond acceptors (Lipinski definition) is 5. The molecule has 118 valence electrons. The zero-order chi connectivity index (χ0) is 16.2. The summed E-state index contributed by atoms with van der Waals surface area (Å²) in [4.78, 5) is 15.8. The van der Waals surface area contributed by atoms with Crippen molar-refractivity contribution in [3.05, 3.63) is 35.8 Å². The summed E-state index contributed by atoms with van der Waals surface area (Å²) >= 11 is 1.20. The lowest BCUT2D eigenvalue weighted by Crippen LogP contribution is -2.19. The molecule has 2 aromatic rings. The topological polar surface area (TPSA) is 88.2 Å². The van der Waals surface area contributed by atoms with E-state index in [1.165, 1.54) is 29.7 Å². The molecule has 1 amide bonds. The fourth-order valence-electron chi connectivity index (χ4n) is 1.62. The number of benzene rings is 1. The van der Waals surface area contributed by atoms with Crippen molar-refractivity contribution >= 4 is 38.1 Å². The maximum absolute atomic E-state index is 12.2. The maximum Gasteiger partial charge on any atom is 0.263 e. The molecule has 8 heteroatoms. The Labute approximate surface area is 133 Å². The summed E-state index contributed by atoms with van der Waals surface area (Å²) in [6, 6.07) is 6.03. The van der Waals surface area contributed by atoms with E-state index < -0.39 is 10.0 Å². The Kier molecular flexibility index (Phi) is 5.15. The number of carbonyl (C=O) groups is 1. The van der Waals surface area contributed by atoms with Crippen LogP contribution in [0.3, 0.4) is 0 Å². The molecular weight excluding hydrogens is 322 g/mol. The van der Waals surface area contributed by atoms with Crippen molar-refractivity contribution in [2.45, 2.75) is 25.2 Å². The molecule has 2 rings (SSSR count). The highest BCUT2D eigenvalue weighted by atomic mass is 32.2. The number of aromatic nitrogens is 1. The van der Waals surface area contributed by atoms with E-state index in [2.05, 4.69) is 15.0 Å². The molecule has 0 unspecified atom stereocenters. The van der Waals surface area contributed by atoms with Gasteiger partial charge >= 0.3 is 0 Å². The van der Waals surface area contributed by atoms with Gasteiger partial charge in [0.05, 0.1) is 4.90 Å². The number of anilines is 2. The monoisotopic (exact) mass is 339 g/mol. The van der Waals surface area contributed by atoms with Gasteiger partial charge in [-0.05, 0) is 30.7 Å². The second-order valence-electron chi connectivity index (χ2n) is 4.77. The zero-order valence-corrected chi connectivity index (χ0v) is 13.9. The highest BCUT2D eigenvalue weighted by Crippen LogP contribution is 2.20. The lowest BCUT2D eigenvalue weighted by Gasteiger charge is -2.10. The Morgan fingerprint density at radius 3 is 2.55 bits per heavy atom. The molecule has 0 fully saturated rings. The van der Waals surface area contributed by atoms with Gasteiger partial charge in [-0.25, -0.2) is 13.4 Å². The highest BCUT2D eigenvalue weighted by molar-refractivity contribution is 7.93. The SMILES string of the molecule is CC[C@H](C)C(=O)Nc1ccc(S(=O)(=O)Nc2nccs2)cc1. The minimum absolute atomic E-state index is 0.0842. The van der Waals surface area contributed by atoms with E-state index in [1.54, 1.807) is 17.5 Å². The number of nitrogens with zero attached hydrogens (tertiary/aromatic N) is 1. The van der Waals surface area contributed by atoms with Gasteiger partial charge < -0.3 is 5.32 Å². The lowest BCUT2D eigenvalue weighted by molar-refractivity contribution is -0.119. The average molecular weight is 339 g/mol. The predicted molar refractivity (Wildman–Crippen MR) is 87.4 cm³/mol. The third-order valence-corrected chi connectivity index (χ3v) is 5.32. The van der Waals surface area contributed by atoms with Gasteiger partial charge in [0.1, 0.15) is 0 Å². The number of carbonyl (C=O) groups excluding carboxylic acids is 1. The van der Waals surface area contributed by atoms with Gasteiger partial charge in [-0.1, -0.05) is 13.8 Å². The van der Waals surface area contributed by atoms with Gasteiger partial charge in [-0.3, -0.25) is 9.52 Å². The number of hydrogen-bond donors (Lipinski definition) is 2. The van der Waals surface area contributed by atoms with Crippen LogP contribution in [0.15, 0.2) is 40.7 Å². The Hall–Kier alpha value is -1.93. The van der Waals surface area contributed by atoms with Crippen LogP contribution in [0.25, 0.3) is 0 Å². The van der Waals surface area contributed by atoms with Gasteiger partial charge in [-0.15, -0.1) is 11.3 Å². The molecule has 1 aromatic carbocycles. The van der Waals surface area contributed by atoms with Gasteiger partial charge in [0, 0.05) is 23.2 Å². The van der Waals surface area contributed by atoms with Crippen molar-refractivity contribution in [1.82, 2.24) is 4.98 Å². The van der Waals surface area contributed by atoms with Crippen LogP contribution in [0.1, 0.15) is 20.3 Å². The third kappa shape index (κ3) is 4.05. The predicted octanol–water partition coefficient (Wildman–Crippen LogP) is 2.93. The van der Waals surface area contributed by atoms with Crippen LogP contribution in [0.4, 0.5) is 10.8 Å². The number of nitrogens with one attached hydrogen (secondary N) is 2. The second kappa shape index (κ2) is 6.89. The molecule has 0 saturated carbocycles. The van der Waals surface area contributed by atoms with Crippen molar-refractivity contribution in [2.75, 3.05) is 10.0 Å². The number of amides is 1. The molecule has 6 nitrogen and oxygen atoms in total. The molecule has 2 N–H and O–H groups in total. The van der Waals surface area contributed by atoms with Crippen LogP contribution >= 0.6 is 11.3 Å². The molecule has 0 saturated heterocycles. The number of sulfonamides is 1. The quantitative estimate of drug-likeness (QED) is 0.847. The van der Waals surface area contributed by atoms with Crippen molar-refractivity contribution in [2.24, 2.45) is 5.92 Å². The fourth-order valence-corrected chi connectivity index (χ4v) is 3.40. The normalized spacial score (nSPS) is 12.6. The fraction of sp³-hybridized carbons (Fsp3) is 0.286. The summed E-state index contributed by atoms with van der Waals surface area (Å²) in [5.74, 6) is -0.172. The average Bonchev–Trinajstić information content (AvgIpc) is 2.99. The minimum atomic E-state index is -3.66. The van der Waals surface area contributed by atoms with E-state index in [4.69, 9.17) is 0 Å². The summed E-state index contributed by atoms with van der Waals surface area (Å²) in [5.41, 5.74) is 0.568. The first kappa shape index (κ1) is 16.4. The van der Waals surface area contributed by atoms with Crippen molar-refractivity contribution < 1.29 is 13.2 Å². The number of thiazole rings is 1. The van der Waals surface area contributed by atoms with Gasteiger partial charge in [0.2, 0.25) is 5.91 Å². The molecule has 1 heterocycles. The molecule has 0 aliphatic heterocycles. The van der Waals surface area contributed by atoms with E-state index in [1.807, 2.05) is 13.8 Å².